The van der Waals surface area contributed by atoms with Crippen LogP contribution in [0.2, 0.25) is 0 Å². The molecule has 4 heterocycles. The Morgan fingerprint density at radius 1 is 1.20 bits per heavy atom. The molecule has 2 aliphatic rings. The first-order chi connectivity index (χ1) is 12.2. The van der Waals surface area contributed by atoms with Gasteiger partial charge in [0.15, 0.2) is 0 Å². The Morgan fingerprint density at radius 3 is 2.80 bits per heavy atom. The summed E-state index contributed by atoms with van der Waals surface area (Å²) in [5, 5.41) is 4.39. The van der Waals surface area contributed by atoms with E-state index in [1.54, 1.807) is 29.9 Å². The highest BCUT2D eigenvalue weighted by Crippen LogP contribution is 2.40. The summed E-state index contributed by atoms with van der Waals surface area (Å²) in [5.41, 5.74) is 2.18. The van der Waals surface area contributed by atoms with Crippen LogP contribution >= 0.6 is 11.3 Å². The molecular weight excluding hydrogens is 332 g/mol. The standard InChI is InChI=1S/C19H24N4OS/c24-18(17-12-20-6-7-21-17)23-8-1-3-19(15-23)4-9-22(10-5-19)13-16-2-11-25-14-16/h2,6-7,11-12,14H,1,3-5,8-10,13,15H2. The fourth-order valence-electron chi connectivity index (χ4n) is 4.19. The number of carbonyl (C=O) groups excluding carboxylic acids is 1. The fraction of sp³-hybridized carbons (Fsp3) is 0.526. The van der Waals surface area contributed by atoms with Crippen LogP contribution in [0.5, 0.6) is 0 Å². The number of piperidine rings is 2. The van der Waals surface area contributed by atoms with E-state index in [9.17, 15) is 4.79 Å². The van der Waals surface area contributed by atoms with E-state index in [2.05, 4.69) is 31.7 Å². The zero-order valence-electron chi connectivity index (χ0n) is 14.4. The van der Waals surface area contributed by atoms with Crippen LogP contribution in [0, 0.1) is 5.41 Å². The first-order valence-corrected chi connectivity index (χ1v) is 9.97. The maximum absolute atomic E-state index is 12.7. The summed E-state index contributed by atoms with van der Waals surface area (Å²) in [4.78, 5) is 25.5. The Morgan fingerprint density at radius 2 is 2.08 bits per heavy atom. The minimum absolute atomic E-state index is 0.0351. The largest absolute Gasteiger partial charge is 0.337 e. The van der Waals surface area contributed by atoms with Gasteiger partial charge in [-0.05, 0) is 66.6 Å². The van der Waals surface area contributed by atoms with E-state index < -0.39 is 0 Å². The number of amides is 1. The van der Waals surface area contributed by atoms with Crippen molar-refractivity contribution in [3.63, 3.8) is 0 Å². The van der Waals surface area contributed by atoms with Crippen LogP contribution in [0.4, 0.5) is 0 Å². The summed E-state index contributed by atoms with van der Waals surface area (Å²) >= 11 is 1.77. The lowest BCUT2D eigenvalue weighted by Crippen LogP contribution is -2.51. The Kier molecular flexibility index (Phi) is 4.81. The van der Waals surface area contributed by atoms with Gasteiger partial charge in [0.05, 0.1) is 6.20 Å². The second kappa shape index (κ2) is 7.22. The average Bonchev–Trinajstić information content (AvgIpc) is 3.17. The van der Waals surface area contributed by atoms with Gasteiger partial charge in [0.25, 0.3) is 5.91 Å². The maximum atomic E-state index is 12.7. The molecule has 1 spiro atoms. The molecule has 0 unspecified atom stereocenters. The topological polar surface area (TPSA) is 49.3 Å². The number of hydrogen-bond donors (Lipinski definition) is 0. The molecule has 2 fully saturated rings. The Balaban J connectivity index is 1.37. The highest BCUT2D eigenvalue weighted by molar-refractivity contribution is 7.07. The summed E-state index contributed by atoms with van der Waals surface area (Å²) in [6.07, 6.45) is 9.48. The van der Waals surface area contributed by atoms with Crippen molar-refractivity contribution >= 4 is 17.2 Å². The molecule has 6 heteroatoms. The van der Waals surface area contributed by atoms with Crippen LogP contribution in [0.1, 0.15) is 41.7 Å². The van der Waals surface area contributed by atoms with Crippen molar-refractivity contribution in [3.8, 4) is 0 Å². The van der Waals surface area contributed by atoms with Gasteiger partial charge >= 0.3 is 0 Å². The zero-order valence-corrected chi connectivity index (χ0v) is 15.2. The molecule has 1 amide bonds. The van der Waals surface area contributed by atoms with Crippen LogP contribution in [-0.2, 0) is 6.54 Å². The number of aromatic nitrogens is 2. The number of carbonyl (C=O) groups is 1. The first-order valence-electron chi connectivity index (χ1n) is 9.03. The number of likely N-dealkylation sites (tertiary alicyclic amines) is 2. The SMILES string of the molecule is O=C(c1cnccn1)N1CCCC2(CCN(Cc3ccsc3)CC2)C1. The van der Waals surface area contributed by atoms with E-state index >= 15 is 0 Å². The molecule has 0 N–H and O–H groups in total. The van der Waals surface area contributed by atoms with Crippen molar-refractivity contribution in [3.05, 3.63) is 46.7 Å². The molecule has 0 saturated carbocycles. The second-order valence-corrected chi connectivity index (χ2v) is 8.11. The van der Waals surface area contributed by atoms with Crippen molar-refractivity contribution < 1.29 is 4.79 Å². The van der Waals surface area contributed by atoms with Crippen molar-refractivity contribution in [2.24, 2.45) is 5.41 Å². The zero-order chi connectivity index (χ0) is 17.1. The Hall–Kier alpha value is -1.79. The molecule has 2 aromatic heterocycles. The Bertz CT molecular complexity index is 695. The van der Waals surface area contributed by atoms with Gasteiger partial charge < -0.3 is 4.90 Å². The lowest BCUT2D eigenvalue weighted by Gasteiger charge is -2.47. The van der Waals surface area contributed by atoms with Gasteiger partial charge in [-0.2, -0.15) is 11.3 Å². The molecule has 5 nitrogen and oxygen atoms in total. The van der Waals surface area contributed by atoms with Crippen LogP contribution in [0.25, 0.3) is 0 Å². The number of thiophene rings is 1. The lowest BCUT2D eigenvalue weighted by molar-refractivity contribution is 0.0194. The molecule has 2 saturated heterocycles. The Labute approximate surface area is 152 Å². The second-order valence-electron chi connectivity index (χ2n) is 7.33. The van der Waals surface area contributed by atoms with Crippen LogP contribution in [-0.4, -0.2) is 51.9 Å². The smallest absolute Gasteiger partial charge is 0.274 e. The van der Waals surface area contributed by atoms with Crippen molar-refractivity contribution in [1.82, 2.24) is 19.8 Å². The van der Waals surface area contributed by atoms with E-state index in [0.717, 1.165) is 39.1 Å². The van der Waals surface area contributed by atoms with Crippen LogP contribution < -0.4 is 0 Å². The highest BCUT2D eigenvalue weighted by atomic mass is 32.1. The maximum Gasteiger partial charge on any atom is 0.274 e. The van der Waals surface area contributed by atoms with Crippen LogP contribution in [0.15, 0.2) is 35.4 Å². The molecule has 0 bridgehead atoms. The van der Waals surface area contributed by atoms with E-state index in [-0.39, 0.29) is 5.91 Å². The van der Waals surface area contributed by atoms with Gasteiger partial charge in [0.2, 0.25) is 0 Å². The molecular formula is C19H24N4OS. The normalized spacial score (nSPS) is 20.7. The lowest BCUT2D eigenvalue weighted by atomic mass is 9.72. The van der Waals surface area contributed by atoms with Gasteiger partial charge in [0, 0.05) is 32.0 Å². The minimum Gasteiger partial charge on any atom is -0.337 e. The fourth-order valence-corrected chi connectivity index (χ4v) is 4.85. The predicted molar refractivity (Wildman–Crippen MR) is 98.4 cm³/mol. The molecule has 0 aromatic carbocycles. The van der Waals surface area contributed by atoms with E-state index in [1.807, 2.05) is 4.90 Å². The third-order valence-corrected chi connectivity index (χ3v) is 6.37. The third kappa shape index (κ3) is 3.75. The summed E-state index contributed by atoms with van der Waals surface area (Å²) in [5.74, 6) is 0.0351. The number of nitrogens with zero attached hydrogens (tertiary/aromatic N) is 4. The van der Waals surface area contributed by atoms with Crippen molar-refractivity contribution in [2.75, 3.05) is 26.2 Å². The number of hydrogen-bond acceptors (Lipinski definition) is 5. The first kappa shape index (κ1) is 16.7. The van der Waals surface area contributed by atoms with Gasteiger partial charge in [-0.25, -0.2) is 4.98 Å². The van der Waals surface area contributed by atoms with Gasteiger partial charge in [-0.1, -0.05) is 0 Å². The summed E-state index contributed by atoms with van der Waals surface area (Å²) in [7, 11) is 0. The minimum atomic E-state index is 0.0351. The van der Waals surface area contributed by atoms with Gasteiger partial charge in [0.1, 0.15) is 5.69 Å². The summed E-state index contributed by atoms with van der Waals surface area (Å²) < 4.78 is 0. The predicted octanol–water partition coefficient (Wildman–Crippen LogP) is 3.06. The third-order valence-electron chi connectivity index (χ3n) is 5.63. The van der Waals surface area contributed by atoms with E-state index in [0.29, 0.717) is 11.1 Å². The molecule has 2 aromatic rings. The number of rotatable bonds is 3. The highest BCUT2D eigenvalue weighted by Gasteiger charge is 2.39. The molecule has 4 rings (SSSR count). The van der Waals surface area contributed by atoms with Crippen molar-refractivity contribution in [1.29, 1.82) is 0 Å². The summed E-state index contributed by atoms with van der Waals surface area (Å²) in [6.45, 7) is 5.03. The van der Waals surface area contributed by atoms with Crippen molar-refractivity contribution in [2.45, 2.75) is 32.2 Å². The molecule has 132 valence electrons. The molecule has 0 radical (unpaired) electrons. The quantitative estimate of drug-likeness (QED) is 0.848. The molecule has 2 aliphatic heterocycles. The van der Waals surface area contributed by atoms with E-state index in [1.165, 1.54) is 24.8 Å². The van der Waals surface area contributed by atoms with Gasteiger partial charge in [-0.15, -0.1) is 0 Å². The monoisotopic (exact) mass is 356 g/mol. The molecule has 0 atom stereocenters. The van der Waals surface area contributed by atoms with Crippen LogP contribution in [0.3, 0.4) is 0 Å². The average molecular weight is 356 g/mol. The molecule has 25 heavy (non-hydrogen) atoms. The molecule has 0 aliphatic carbocycles. The van der Waals surface area contributed by atoms with Gasteiger partial charge in [-0.3, -0.25) is 14.7 Å². The van der Waals surface area contributed by atoms with E-state index in [4.69, 9.17) is 0 Å². The summed E-state index contributed by atoms with van der Waals surface area (Å²) in [6, 6.07) is 2.22.